The molecule has 7 heteroatoms. The van der Waals surface area contributed by atoms with Crippen molar-refractivity contribution >= 4 is 26.5 Å². The highest BCUT2D eigenvalue weighted by Crippen LogP contribution is 2.42. The fourth-order valence-electron chi connectivity index (χ4n) is 3.18. The number of benzene rings is 3. The third-order valence-electron chi connectivity index (χ3n) is 4.34. The fourth-order valence-corrected chi connectivity index (χ4v) is 4.90. The van der Waals surface area contributed by atoms with E-state index in [0.717, 1.165) is 21.8 Å². The molecule has 1 aliphatic rings. The number of nitrogens with zero attached hydrogens (tertiary/aromatic N) is 1. The minimum absolute atomic E-state index is 0.153. The van der Waals surface area contributed by atoms with Gasteiger partial charge in [-0.1, -0.05) is 30.3 Å². The highest BCUT2D eigenvalue weighted by atomic mass is 32.2. The number of anilines is 1. The molecule has 3 aromatic rings. The summed E-state index contributed by atoms with van der Waals surface area (Å²) in [5, 5.41) is 11.7. The highest BCUT2D eigenvalue weighted by molar-refractivity contribution is 7.93. The van der Waals surface area contributed by atoms with E-state index >= 15 is 0 Å². The average Bonchev–Trinajstić information content (AvgIpc) is 2.78. The molecule has 3 aromatic carbocycles. The lowest BCUT2D eigenvalue weighted by atomic mass is 10.1. The molecule has 1 heterocycles. The summed E-state index contributed by atoms with van der Waals surface area (Å²) in [6, 6.07) is 12.9. The minimum Gasteiger partial charge on any atom is -0.386 e. The van der Waals surface area contributed by atoms with E-state index in [0.29, 0.717) is 17.1 Å². The Morgan fingerprint density at radius 3 is 2.48 bits per heavy atom. The van der Waals surface area contributed by atoms with Crippen molar-refractivity contribution in [1.82, 2.24) is 0 Å². The summed E-state index contributed by atoms with van der Waals surface area (Å²) in [7, 11) is -3.85. The topological polar surface area (TPSA) is 57.6 Å². The van der Waals surface area contributed by atoms with Crippen molar-refractivity contribution < 1.29 is 22.3 Å². The van der Waals surface area contributed by atoms with Crippen LogP contribution in [0.15, 0.2) is 59.5 Å². The van der Waals surface area contributed by atoms with E-state index in [1.165, 1.54) is 6.07 Å². The van der Waals surface area contributed by atoms with E-state index in [2.05, 4.69) is 0 Å². The van der Waals surface area contributed by atoms with Crippen LogP contribution in [0.25, 0.3) is 10.8 Å². The summed E-state index contributed by atoms with van der Waals surface area (Å²) in [4.78, 5) is 0.160. The molecular formula is C18H13F2NO3S. The molecule has 0 aliphatic carbocycles. The molecule has 1 aliphatic heterocycles. The molecule has 4 rings (SSSR count). The largest absolute Gasteiger partial charge is 0.386 e. The van der Waals surface area contributed by atoms with Gasteiger partial charge in [0.05, 0.1) is 17.1 Å². The first-order valence-electron chi connectivity index (χ1n) is 7.57. The van der Waals surface area contributed by atoms with Crippen molar-refractivity contribution in [1.29, 1.82) is 0 Å². The summed E-state index contributed by atoms with van der Waals surface area (Å²) in [6.07, 6.45) is -1.43. The summed E-state index contributed by atoms with van der Waals surface area (Å²) in [5.74, 6) is -1.68. The Kier molecular flexibility index (Phi) is 3.52. The van der Waals surface area contributed by atoms with Gasteiger partial charge in [0.15, 0.2) is 0 Å². The number of halogens is 2. The molecular weight excluding hydrogens is 348 g/mol. The zero-order valence-electron chi connectivity index (χ0n) is 12.9. The van der Waals surface area contributed by atoms with Gasteiger partial charge in [-0.15, -0.1) is 0 Å². The monoisotopic (exact) mass is 361 g/mol. The smallest absolute Gasteiger partial charge is 0.265 e. The molecule has 0 fully saturated rings. The Morgan fingerprint density at radius 1 is 1.04 bits per heavy atom. The van der Waals surface area contributed by atoms with Gasteiger partial charge in [-0.05, 0) is 23.6 Å². The van der Waals surface area contributed by atoms with Crippen LogP contribution in [-0.2, 0) is 10.0 Å². The van der Waals surface area contributed by atoms with Crippen LogP contribution in [0.2, 0.25) is 0 Å². The van der Waals surface area contributed by atoms with Crippen LogP contribution in [0, 0.1) is 11.6 Å². The maximum atomic E-state index is 13.9. The first-order chi connectivity index (χ1) is 11.9. The number of aliphatic hydroxyl groups is 1. The number of hydrogen-bond donors (Lipinski definition) is 1. The van der Waals surface area contributed by atoms with Gasteiger partial charge >= 0.3 is 0 Å². The second-order valence-electron chi connectivity index (χ2n) is 5.85. The van der Waals surface area contributed by atoms with E-state index in [1.807, 2.05) is 0 Å². The van der Waals surface area contributed by atoms with Crippen LogP contribution in [-0.4, -0.2) is 20.1 Å². The molecule has 4 nitrogen and oxygen atoms in total. The predicted octanol–water partition coefficient (Wildman–Crippen LogP) is 3.36. The van der Waals surface area contributed by atoms with E-state index in [4.69, 9.17) is 0 Å². The maximum absolute atomic E-state index is 13.9. The predicted molar refractivity (Wildman–Crippen MR) is 89.8 cm³/mol. The molecule has 128 valence electrons. The lowest BCUT2D eigenvalue weighted by Gasteiger charge is -2.22. The quantitative estimate of drug-likeness (QED) is 0.778. The third kappa shape index (κ3) is 2.39. The van der Waals surface area contributed by atoms with Crippen LogP contribution in [0.4, 0.5) is 14.5 Å². The Labute approximate surface area is 143 Å². The standard InChI is InChI=1S/C18H13F2NO3S/c19-12-7-8-13(14(20)9-12)16(22)10-21-15-5-1-3-11-4-2-6-17(18(11)15)25(21,23)24/h1-9,16,22H,10H2. The second-order valence-corrected chi connectivity index (χ2v) is 7.68. The van der Waals surface area contributed by atoms with Crippen molar-refractivity contribution in [2.24, 2.45) is 0 Å². The van der Waals surface area contributed by atoms with Gasteiger partial charge in [0.2, 0.25) is 0 Å². The molecule has 0 saturated carbocycles. The van der Waals surface area contributed by atoms with Crippen molar-refractivity contribution in [2.75, 3.05) is 10.8 Å². The van der Waals surface area contributed by atoms with Gasteiger partial charge in [0.25, 0.3) is 10.0 Å². The van der Waals surface area contributed by atoms with Crippen molar-refractivity contribution in [3.8, 4) is 0 Å². The molecule has 0 radical (unpaired) electrons. The second kappa shape index (κ2) is 5.50. The number of β-amino-alcohol motifs (C(OH)–C–C–N with tert-alkyl or cyclic N) is 1. The molecule has 1 atom stereocenters. The minimum atomic E-state index is -3.85. The average molecular weight is 361 g/mol. The number of rotatable bonds is 3. The van der Waals surface area contributed by atoms with Gasteiger partial charge < -0.3 is 5.11 Å². The highest BCUT2D eigenvalue weighted by Gasteiger charge is 2.37. The van der Waals surface area contributed by atoms with Crippen LogP contribution in [0.5, 0.6) is 0 Å². The van der Waals surface area contributed by atoms with Gasteiger partial charge in [-0.3, -0.25) is 4.31 Å². The molecule has 0 saturated heterocycles. The Hall–Kier alpha value is -2.51. The maximum Gasteiger partial charge on any atom is 0.265 e. The zero-order chi connectivity index (χ0) is 17.8. The van der Waals surface area contributed by atoms with Crippen LogP contribution >= 0.6 is 0 Å². The SMILES string of the molecule is O=S1(=O)c2cccc3cccc(c23)N1CC(O)c1ccc(F)cc1F. The number of sulfonamides is 1. The Balaban J connectivity index is 1.78. The van der Waals surface area contributed by atoms with E-state index < -0.39 is 27.8 Å². The summed E-state index contributed by atoms with van der Waals surface area (Å²) < 4.78 is 53.7. The van der Waals surface area contributed by atoms with Crippen LogP contribution in [0.3, 0.4) is 0 Å². The number of hydrogen-bond acceptors (Lipinski definition) is 3. The molecule has 0 bridgehead atoms. The summed E-state index contributed by atoms with van der Waals surface area (Å²) in [6.45, 7) is -0.362. The molecule has 0 amide bonds. The molecule has 1 N–H and O–H groups in total. The molecule has 25 heavy (non-hydrogen) atoms. The van der Waals surface area contributed by atoms with E-state index in [1.54, 1.807) is 30.3 Å². The van der Waals surface area contributed by atoms with Gasteiger partial charge in [-0.2, -0.15) is 0 Å². The lowest BCUT2D eigenvalue weighted by Crippen LogP contribution is -2.32. The van der Waals surface area contributed by atoms with Crippen LogP contribution in [0.1, 0.15) is 11.7 Å². The van der Waals surface area contributed by atoms with Crippen molar-refractivity contribution in [2.45, 2.75) is 11.0 Å². The van der Waals surface area contributed by atoms with Gasteiger partial charge in [0, 0.05) is 17.0 Å². The lowest BCUT2D eigenvalue weighted by molar-refractivity contribution is 0.182. The zero-order valence-corrected chi connectivity index (χ0v) is 13.7. The van der Waals surface area contributed by atoms with Gasteiger partial charge in [0.1, 0.15) is 17.7 Å². The summed E-state index contributed by atoms with van der Waals surface area (Å²) >= 11 is 0. The molecule has 1 unspecified atom stereocenters. The van der Waals surface area contributed by atoms with E-state index in [-0.39, 0.29) is 17.0 Å². The Bertz CT molecular complexity index is 1090. The normalized spacial score (nSPS) is 16.4. The fraction of sp³-hybridized carbons (Fsp3) is 0.111. The number of aliphatic hydroxyl groups excluding tert-OH is 1. The van der Waals surface area contributed by atoms with Gasteiger partial charge in [-0.25, -0.2) is 17.2 Å². The first-order valence-corrected chi connectivity index (χ1v) is 9.01. The molecule has 0 spiro atoms. The van der Waals surface area contributed by atoms with Crippen molar-refractivity contribution in [3.05, 3.63) is 71.8 Å². The Morgan fingerprint density at radius 2 is 1.76 bits per heavy atom. The van der Waals surface area contributed by atoms with Crippen LogP contribution < -0.4 is 4.31 Å². The summed E-state index contributed by atoms with van der Waals surface area (Å²) in [5.41, 5.74) is 0.286. The third-order valence-corrected chi connectivity index (χ3v) is 6.16. The van der Waals surface area contributed by atoms with E-state index in [9.17, 15) is 22.3 Å². The van der Waals surface area contributed by atoms with Crippen molar-refractivity contribution in [3.63, 3.8) is 0 Å². The molecule has 0 aromatic heterocycles. The first kappa shape index (κ1) is 16.0.